The van der Waals surface area contributed by atoms with Crippen LogP contribution in [0.5, 0.6) is 0 Å². The molecule has 3 nitrogen and oxygen atoms in total. The molecule has 0 aromatic rings. The second kappa shape index (κ2) is 3.29. The number of hydrogen-bond donors (Lipinski definition) is 1. The van der Waals surface area contributed by atoms with E-state index in [4.69, 9.17) is 4.74 Å². The van der Waals surface area contributed by atoms with Gasteiger partial charge in [-0.1, -0.05) is 6.42 Å². The van der Waals surface area contributed by atoms with Crippen LogP contribution in [0.15, 0.2) is 0 Å². The SMILES string of the molecule is COC(=O)C12CCCNC1CCC2. The van der Waals surface area contributed by atoms with Crippen LogP contribution in [0.3, 0.4) is 0 Å². The fraction of sp³-hybridized carbons (Fsp3) is 0.900. The maximum atomic E-state index is 11.7. The highest BCUT2D eigenvalue weighted by Gasteiger charge is 2.50. The average molecular weight is 183 g/mol. The summed E-state index contributed by atoms with van der Waals surface area (Å²) >= 11 is 0. The molecule has 1 saturated heterocycles. The highest BCUT2D eigenvalue weighted by molar-refractivity contribution is 5.78. The molecule has 0 aromatic heterocycles. The first-order chi connectivity index (χ1) is 6.29. The first-order valence-electron chi connectivity index (χ1n) is 5.11. The number of fused-ring (bicyclic) bond motifs is 1. The molecule has 1 saturated carbocycles. The van der Waals surface area contributed by atoms with Gasteiger partial charge < -0.3 is 10.1 Å². The lowest BCUT2D eigenvalue weighted by Gasteiger charge is -2.37. The van der Waals surface area contributed by atoms with Gasteiger partial charge in [0.15, 0.2) is 0 Å². The van der Waals surface area contributed by atoms with E-state index in [1.165, 1.54) is 7.11 Å². The Labute approximate surface area is 78.8 Å². The molecule has 0 bridgehead atoms. The average Bonchev–Trinajstić information content (AvgIpc) is 2.61. The predicted molar refractivity (Wildman–Crippen MR) is 49.3 cm³/mol. The Morgan fingerprint density at radius 2 is 2.23 bits per heavy atom. The molecule has 2 rings (SSSR count). The number of methoxy groups -OCH3 is 1. The molecule has 13 heavy (non-hydrogen) atoms. The van der Waals surface area contributed by atoms with Gasteiger partial charge in [0.25, 0.3) is 0 Å². The molecule has 1 N–H and O–H groups in total. The summed E-state index contributed by atoms with van der Waals surface area (Å²) in [5.74, 6) is 0.00204. The van der Waals surface area contributed by atoms with E-state index >= 15 is 0 Å². The van der Waals surface area contributed by atoms with Gasteiger partial charge in [0, 0.05) is 6.04 Å². The Morgan fingerprint density at radius 3 is 3.00 bits per heavy atom. The van der Waals surface area contributed by atoms with E-state index in [0.717, 1.165) is 38.6 Å². The lowest BCUT2D eigenvalue weighted by molar-refractivity contribution is -0.155. The Bertz CT molecular complexity index is 217. The number of carbonyl (C=O) groups is 1. The Kier molecular flexibility index (Phi) is 2.28. The summed E-state index contributed by atoms with van der Waals surface area (Å²) in [5.41, 5.74) is -0.174. The molecular formula is C10H17NO2. The molecular weight excluding hydrogens is 166 g/mol. The van der Waals surface area contributed by atoms with Crippen molar-refractivity contribution in [3.8, 4) is 0 Å². The van der Waals surface area contributed by atoms with Crippen molar-refractivity contribution >= 4 is 5.97 Å². The molecule has 0 radical (unpaired) electrons. The van der Waals surface area contributed by atoms with E-state index in [0.29, 0.717) is 6.04 Å². The number of esters is 1. The third-order valence-corrected chi connectivity index (χ3v) is 3.57. The van der Waals surface area contributed by atoms with Gasteiger partial charge in [0.2, 0.25) is 0 Å². The summed E-state index contributed by atoms with van der Waals surface area (Å²) in [7, 11) is 1.50. The zero-order chi connectivity index (χ0) is 9.31. The Balaban J connectivity index is 2.20. The van der Waals surface area contributed by atoms with Gasteiger partial charge in [-0.3, -0.25) is 4.79 Å². The van der Waals surface area contributed by atoms with Crippen molar-refractivity contribution in [2.75, 3.05) is 13.7 Å². The van der Waals surface area contributed by atoms with Crippen molar-refractivity contribution in [1.29, 1.82) is 0 Å². The lowest BCUT2D eigenvalue weighted by atomic mass is 9.76. The molecule has 0 amide bonds. The van der Waals surface area contributed by atoms with Crippen molar-refractivity contribution in [3.63, 3.8) is 0 Å². The third-order valence-electron chi connectivity index (χ3n) is 3.57. The largest absolute Gasteiger partial charge is 0.469 e. The molecule has 3 heteroatoms. The molecule has 2 fully saturated rings. The number of hydrogen-bond acceptors (Lipinski definition) is 3. The molecule has 2 unspecified atom stereocenters. The fourth-order valence-electron chi connectivity index (χ4n) is 2.90. The Hall–Kier alpha value is -0.570. The van der Waals surface area contributed by atoms with Gasteiger partial charge in [-0.25, -0.2) is 0 Å². The van der Waals surface area contributed by atoms with Crippen LogP contribution in [0.1, 0.15) is 32.1 Å². The van der Waals surface area contributed by atoms with Crippen LogP contribution in [-0.2, 0) is 9.53 Å². The van der Waals surface area contributed by atoms with E-state index in [2.05, 4.69) is 5.32 Å². The quantitative estimate of drug-likeness (QED) is 0.618. The molecule has 2 aliphatic rings. The fourth-order valence-corrected chi connectivity index (χ4v) is 2.90. The predicted octanol–water partition coefficient (Wildman–Crippen LogP) is 1.08. The van der Waals surface area contributed by atoms with Crippen LogP contribution in [0.25, 0.3) is 0 Å². The first kappa shape index (κ1) is 9.00. The minimum absolute atomic E-state index is 0.00204. The van der Waals surface area contributed by atoms with Crippen LogP contribution in [0.4, 0.5) is 0 Å². The molecule has 1 aliphatic heterocycles. The van der Waals surface area contributed by atoms with Gasteiger partial charge >= 0.3 is 5.97 Å². The summed E-state index contributed by atoms with van der Waals surface area (Å²) in [4.78, 5) is 11.7. The second-order valence-corrected chi connectivity index (χ2v) is 4.15. The summed E-state index contributed by atoms with van der Waals surface area (Å²) in [6, 6.07) is 0.383. The van der Waals surface area contributed by atoms with Crippen molar-refractivity contribution in [2.24, 2.45) is 5.41 Å². The third kappa shape index (κ3) is 1.26. The van der Waals surface area contributed by atoms with Crippen LogP contribution in [-0.4, -0.2) is 25.7 Å². The van der Waals surface area contributed by atoms with Crippen molar-refractivity contribution < 1.29 is 9.53 Å². The summed E-state index contributed by atoms with van der Waals surface area (Å²) in [6.07, 6.45) is 5.42. The van der Waals surface area contributed by atoms with Gasteiger partial charge in [0.05, 0.1) is 12.5 Å². The minimum atomic E-state index is -0.174. The topological polar surface area (TPSA) is 38.3 Å². The molecule has 1 aliphatic carbocycles. The van der Waals surface area contributed by atoms with Gasteiger partial charge in [-0.2, -0.15) is 0 Å². The summed E-state index contributed by atoms with van der Waals surface area (Å²) < 4.78 is 4.92. The Morgan fingerprint density at radius 1 is 1.46 bits per heavy atom. The zero-order valence-electron chi connectivity index (χ0n) is 8.14. The number of carbonyl (C=O) groups excluding carboxylic acids is 1. The standard InChI is InChI=1S/C10H17NO2/c1-13-9(12)10-5-2-4-8(10)11-7-3-6-10/h8,11H,2-7H2,1H3. The van der Waals surface area contributed by atoms with E-state index in [-0.39, 0.29) is 11.4 Å². The highest BCUT2D eigenvalue weighted by Crippen LogP contribution is 2.44. The lowest BCUT2D eigenvalue weighted by Crippen LogP contribution is -2.51. The number of piperidine rings is 1. The van der Waals surface area contributed by atoms with Crippen molar-refractivity contribution in [3.05, 3.63) is 0 Å². The first-order valence-corrected chi connectivity index (χ1v) is 5.11. The molecule has 0 spiro atoms. The molecule has 0 aromatic carbocycles. The summed E-state index contributed by atoms with van der Waals surface area (Å²) in [5, 5.41) is 3.44. The second-order valence-electron chi connectivity index (χ2n) is 4.15. The monoisotopic (exact) mass is 183 g/mol. The molecule has 2 atom stereocenters. The van der Waals surface area contributed by atoms with Crippen LogP contribution >= 0.6 is 0 Å². The molecule has 1 heterocycles. The van der Waals surface area contributed by atoms with E-state index in [1.807, 2.05) is 0 Å². The maximum absolute atomic E-state index is 11.7. The van der Waals surface area contributed by atoms with Crippen molar-refractivity contribution in [2.45, 2.75) is 38.1 Å². The molecule has 74 valence electrons. The van der Waals surface area contributed by atoms with Crippen LogP contribution in [0.2, 0.25) is 0 Å². The number of rotatable bonds is 1. The minimum Gasteiger partial charge on any atom is -0.469 e. The zero-order valence-corrected chi connectivity index (χ0v) is 8.14. The van der Waals surface area contributed by atoms with Crippen molar-refractivity contribution in [1.82, 2.24) is 5.32 Å². The van der Waals surface area contributed by atoms with Crippen LogP contribution < -0.4 is 5.32 Å². The highest BCUT2D eigenvalue weighted by atomic mass is 16.5. The van der Waals surface area contributed by atoms with Gasteiger partial charge in [0.1, 0.15) is 0 Å². The maximum Gasteiger partial charge on any atom is 0.313 e. The normalized spacial score (nSPS) is 38.4. The number of ether oxygens (including phenoxy) is 1. The van der Waals surface area contributed by atoms with E-state index in [1.54, 1.807) is 0 Å². The smallest absolute Gasteiger partial charge is 0.313 e. The van der Waals surface area contributed by atoms with Gasteiger partial charge in [-0.15, -0.1) is 0 Å². The van der Waals surface area contributed by atoms with E-state index in [9.17, 15) is 4.79 Å². The summed E-state index contributed by atoms with van der Waals surface area (Å²) in [6.45, 7) is 1.06. The van der Waals surface area contributed by atoms with Crippen LogP contribution in [0, 0.1) is 5.41 Å². The van der Waals surface area contributed by atoms with Gasteiger partial charge in [-0.05, 0) is 32.2 Å². The van der Waals surface area contributed by atoms with E-state index < -0.39 is 0 Å². The number of nitrogens with one attached hydrogen (secondary N) is 1.